The molecule has 7 heteroatoms. The molecule has 1 aliphatic rings. The van der Waals surface area contributed by atoms with E-state index >= 15 is 0 Å². The Bertz CT molecular complexity index is 469. The molecule has 5 nitrogen and oxygen atoms in total. The number of H-pyrrole nitrogens is 1. The topological polar surface area (TPSA) is 48.0 Å². The minimum Gasteiger partial charge on any atom is -0.354 e. The summed E-state index contributed by atoms with van der Waals surface area (Å²) in [6.07, 6.45) is 5.48. The Labute approximate surface area is 131 Å². The van der Waals surface area contributed by atoms with Crippen molar-refractivity contribution in [3.63, 3.8) is 0 Å². The fourth-order valence-electron chi connectivity index (χ4n) is 2.29. The Morgan fingerprint density at radius 3 is 2.50 bits per heavy atom. The number of halogens is 2. The number of aromatic nitrogens is 3. The average molecular weight is 316 g/mol. The Morgan fingerprint density at radius 1 is 1.10 bits per heavy atom. The molecule has 20 heavy (non-hydrogen) atoms. The summed E-state index contributed by atoms with van der Waals surface area (Å²) >= 11 is 0. The normalized spacial score (nSPS) is 15.3. The van der Waals surface area contributed by atoms with Crippen LogP contribution < -0.4 is 4.90 Å². The maximum Gasteiger partial charge on any atom is 0.128 e. The van der Waals surface area contributed by atoms with Crippen molar-refractivity contribution >= 4 is 30.6 Å². The minimum atomic E-state index is 0. The summed E-state index contributed by atoms with van der Waals surface area (Å²) in [5.74, 6) is 1.08. The fourth-order valence-corrected chi connectivity index (χ4v) is 2.29. The molecule has 0 radical (unpaired) electrons. The third-order valence-electron chi connectivity index (χ3n) is 3.29. The maximum absolute atomic E-state index is 4.39. The molecule has 3 rings (SSSR count). The minimum absolute atomic E-state index is 0. The number of rotatable bonds is 3. The predicted octanol–water partition coefficient (Wildman–Crippen LogP) is 1.97. The molecule has 2 aromatic heterocycles. The molecule has 110 valence electrons. The van der Waals surface area contributed by atoms with E-state index in [4.69, 9.17) is 0 Å². The Kier molecular flexibility index (Phi) is 6.78. The van der Waals surface area contributed by atoms with Crippen LogP contribution in [0.3, 0.4) is 0 Å². The zero-order valence-corrected chi connectivity index (χ0v) is 12.7. The molecule has 0 aliphatic carbocycles. The molecule has 1 aliphatic heterocycles. The number of nitrogens with one attached hydrogen (secondary N) is 1. The van der Waals surface area contributed by atoms with Crippen LogP contribution in [-0.4, -0.2) is 46.0 Å². The standard InChI is InChI=1S/C13H17N5.2ClH/c1-2-4-15-13(3-1)18-7-5-17(6-8-18)10-12-9-14-11-16-12;;/h1-4,9,11H,5-8,10H2,(H,14,16);2*1H. The van der Waals surface area contributed by atoms with Gasteiger partial charge in [-0.1, -0.05) is 6.07 Å². The number of aromatic amines is 1. The summed E-state index contributed by atoms with van der Waals surface area (Å²) in [5.41, 5.74) is 1.18. The Morgan fingerprint density at radius 2 is 1.90 bits per heavy atom. The van der Waals surface area contributed by atoms with Crippen LogP contribution >= 0.6 is 24.8 Å². The van der Waals surface area contributed by atoms with Crippen molar-refractivity contribution in [3.8, 4) is 0 Å². The van der Waals surface area contributed by atoms with Gasteiger partial charge >= 0.3 is 0 Å². The lowest BCUT2D eigenvalue weighted by Crippen LogP contribution is -2.46. The summed E-state index contributed by atoms with van der Waals surface area (Å²) in [5, 5.41) is 0. The van der Waals surface area contributed by atoms with Crippen LogP contribution in [0, 0.1) is 0 Å². The number of nitrogens with zero attached hydrogens (tertiary/aromatic N) is 4. The van der Waals surface area contributed by atoms with Crippen molar-refractivity contribution in [2.24, 2.45) is 0 Å². The zero-order chi connectivity index (χ0) is 12.2. The van der Waals surface area contributed by atoms with Crippen LogP contribution in [0.15, 0.2) is 36.9 Å². The second kappa shape index (κ2) is 8.09. The molecule has 0 atom stereocenters. The summed E-state index contributed by atoms with van der Waals surface area (Å²) in [4.78, 5) is 16.4. The predicted molar refractivity (Wildman–Crippen MR) is 84.8 cm³/mol. The van der Waals surface area contributed by atoms with Gasteiger partial charge in [-0.15, -0.1) is 24.8 Å². The van der Waals surface area contributed by atoms with Crippen molar-refractivity contribution in [1.82, 2.24) is 19.9 Å². The number of imidazole rings is 1. The smallest absolute Gasteiger partial charge is 0.128 e. The molecule has 1 fully saturated rings. The van der Waals surface area contributed by atoms with Gasteiger partial charge in [-0.05, 0) is 12.1 Å². The van der Waals surface area contributed by atoms with Gasteiger partial charge in [-0.2, -0.15) is 0 Å². The zero-order valence-electron chi connectivity index (χ0n) is 11.1. The molecule has 0 saturated carbocycles. The van der Waals surface area contributed by atoms with Crippen molar-refractivity contribution < 1.29 is 0 Å². The molecular weight excluding hydrogens is 297 g/mol. The second-order valence-electron chi connectivity index (χ2n) is 4.53. The maximum atomic E-state index is 4.39. The van der Waals surface area contributed by atoms with E-state index in [1.165, 1.54) is 5.69 Å². The van der Waals surface area contributed by atoms with Crippen LogP contribution in [-0.2, 0) is 6.54 Å². The molecule has 0 bridgehead atoms. The van der Waals surface area contributed by atoms with Gasteiger partial charge in [0, 0.05) is 50.8 Å². The highest BCUT2D eigenvalue weighted by Gasteiger charge is 2.17. The number of anilines is 1. The van der Waals surface area contributed by atoms with E-state index in [1.54, 1.807) is 6.33 Å². The van der Waals surface area contributed by atoms with E-state index in [-0.39, 0.29) is 24.8 Å². The van der Waals surface area contributed by atoms with Crippen molar-refractivity contribution in [2.75, 3.05) is 31.1 Å². The highest BCUT2D eigenvalue weighted by molar-refractivity contribution is 5.85. The second-order valence-corrected chi connectivity index (χ2v) is 4.53. The molecular formula is C13H19Cl2N5. The van der Waals surface area contributed by atoms with Crippen LogP contribution in [0.25, 0.3) is 0 Å². The number of piperazine rings is 1. The molecule has 1 N–H and O–H groups in total. The van der Waals surface area contributed by atoms with Crippen molar-refractivity contribution in [1.29, 1.82) is 0 Å². The van der Waals surface area contributed by atoms with Crippen LogP contribution in [0.2, 0.25) is 0 Å². The van der Waals surface area contributed by atoms with Gasteiger partial charge in [-0.3, -0.25) is 4.90 Å². The summed E-state index contributed by atoms with van der Waals surface area (Å²) < 4.78 is 0. The van der Waals surface area contributed by atoms with Gasteiger partial charge in [0.1, 0.15) is 5.82 Å². The summed E-state index contributed by atoms with van der Waals surface area (Å²) in [6.45, 7) is 5.15. The highest BCUT2D eigenvalue weighted by atomic mass is 35.5. The highest BCUT2D eigenvalue weighted by Crippen LogP contribution is 2.13. The Hall–Kier alpha value is -1.30. The van der Waals surface area contributed by atoms with Gasteiger partial charge < -0.3 is 9.88 Å². The van der Waals surface area contributed by atoms with E-state index in [0.29, 0.717) is 0 Å². The van der Waals surface area contributed by atoms with Crippen molar-refractivity contribution in [3.05, 3.63) is 42.6 Å². The third-order valence-corrected chi connectivity index (χ3v) is 3.29. The van der Waals surface area contributed by atoms with E-state index in [0.717, 1.165) is 38.5 Å². The monoisotopic (exact) mass is 315 g/mol. The van der Waals surface area contributed by atoms with Crippen molar-refractivity contribution in [2.45, 2.75) is 6.54 Å². The molecule has 0 amide bonds. The lowest BCUT2D eigenvalue weighted by Gasteiger charge is -2.35. The lowest BCUT2D eigenvalue weighted by molar-refractivity contribution is 0.247. The quantitative estimate of drug-likeness (QED) is 0.940. The molecule has 3 heterocycles. The molecule has 0 unspecified atom stereocenters. The van der Waals surface area contributed by atoms with Crippen LogP contribution in [0.5, 0.6) is 0 Å². The number of hydrogen-bond donors (Lipinski definition) is 1. The van der Waals surface area contributed by atoms with Crippen LogP contribution in [0.4, 0.5) is 5.82 Å². The summed E-state index contributed by atoms with van der Waals surface area (Å²) in [7, 11) is 0. The van der Waals surface area contributed by atoms with Crippen LogP contribution in [0.1, 0.15) is 5.69 Å². The van der Waals surface area contributed by atoms with Gasteiger partial charge in [0.25, 0.3) is 0 Å². The molecule has 1 saturated heterocycles. The first-order chi connectivity index (χ1) is 8.92. The fraction of sp³-hybridized carbons (Fsp3) is 0.385. The Balaban J connectivity index is 0.000001000. The van der Waals surface area contributed by atoms with E-state index in [9.17, 15) is 0 Å². The molecule has 0 spiro atoms. The largest absolute Gasteiger partial charge is 0.354 e. The first kappa shape index (κ1) is 16.8. The van der Waals surface area contributed by atoms with Gasteiger partial charge in [0.2, 0.25) is 0 Å². The average Bonchev–Trinajstić information content (AvgIpc) is 2.94. The first-order valence-corrected chi connectivity index (χ1v) is 6.27. The number of pyridine rings is 1. The van der Waals surface area contributed by atoms with Gasteiger partial charge in [-0.25, -0.2) is 9.97 Å². The molecule has 2 aromatic rings. The van der Waals surface area contributed by atoms with Gasteiger partial charge in [0.05, 0.1) is 6.33 Å². The lowest BCUT2D eigenvalue weighted by atomic mass is 10.3. The first-order valence-electron chi connectivity index (χ1n) is 6.27. The van der Waals surface area contributed by atoms with E-state index in [2.05, 4.69) is 30.8 Å². The SMILES string of the molecule is Cl.Cl.c1ccc(N2CCN(Cc3cnc[nH]3)CC2)nc1. The van der Waals surface area contributed by atoms with E-state index in [1.807, 2.05) is 24.5 Å². The number of hydrogen-bond acceptors (Lipinski definition) is 4. The van der Waals surface area contributed by atoms with E-state index < -0.39 is 0 Å². The summed E-state index contributed by atoms with van der Waals surface area (Å²) in [6, 6.07) is 6.07. The molecule has 0 aromatic carbocycles. The van der Waals surface area contributed by atoms with Gasteiger partial charge in [0.15, 0.2) is 0 Å². The third kappa shape index (κ3) is 4.10.